The lowest BCUT2D eigenvalue weighted by atomic mass is 10.1. The van der Waals surface area contributed by atoms with Crippen molar-refractivity contribution < 1.29 is 0 Å². The van der Waals surface area contributed by atoms with Gasteiger partial charge in [0.25, 0.3) is 0 Å². The Kier molecular flexibility index (Phi) is 2.93. The summed E-state index contributed by atoms with van der Waals surface area (Å²) in [7, 11) is 0. The average molecular weight is 279 g/mol. The molecule has 4 heterocycles. The summed E-state index contributed by atoms with van der Waals surface area (Å²) < 4.78 is 0. The van der Waals surface area contributed by atoms with Crippen LogP contribution in [0.3, 0.4) is 0 Å². The van der Waals surface area contributed by atoms with Crippen LogP contribution in [-0.4, -0.2) is 31.6 Å². The smallest absolute Gasteiger partial charge is 0.159 e. The van der Waals surface area contributed by atoms with Crippen LogP contribution in [0.1, 0.15) is 22.5 Å². The van der Waals surface area contributed by atoms with Crippen LogP contribution in [0, 0.1) is 6.92 Å². The molecule has 0 unspecified atom stereocenters. The van der Waals surface area contributed by atoms with Gasteiger partial charge in [0, 0.05) is 54.6 Å². The molecule has 4 rings (SSSR count). The standard InChI is InChI=1S/C16H17N5/c1-11-13(7-12-3-2-5-17-16(12)19-11)9-21-6-4-15-14(10-21)8-18-20-15/h2-3,5,7-8H,4,6,9-10H2,1H3,(H,18,20). The summed E-state index contributed by atoms with van der Waals surface area (Å²) in [6.07, 6.45) is 4.77. The molecule has 1 N–H and O–H groups in total. The van der Waals surface area contributed by atoms with Crippen LogP contribution in [0.25, 0.3) is 11.0 Å². The van der Waals surface area contributed by atoms with Gasteiger partial charge < -0.3 is 0 Å². The van der Waals surface area contributed by atoms with Crippen LogP contribution in [-0.2, 0) is 19.5 Å². The SMILES string of the molecule is Cc1nc2ncccc2cc1CN1CCc2[nH]ncc2C1. The Labute approximate surface area is 123 Å². The van der Waals surface area contributed by atoms with Gasteiger partial charge in [-0.15, -0.1) is 0 Å². The first-order valence-electron chi connectivity index (χ1n) is 7.24. The predicted molar refractivity (Wildman–Crippen MR) is 80.7 cm³/mol. The molecule has 3 aromatic rings. The maximum Gasteiger partial charge on any atom is 0.159 e. The lowest BCUT2D eigenvalue weighted by molar-refractivity contribution is 0.244. The van der Waals surface area contributed by atoms with Gasteiger partial charge in [0.2, 0.25) is 0 Å². The van der Waals surface area contributed by atoms with Crippen LogP contribution in [0.4, 0.5) is 0 Å². The molecule has 0 fully saturated rings. The van der Waals surface area contributed by atoms with Gasteiger partial charge in [-0.3, -0.25) is 10.00 Å². The first kappa shape index (κ1) is 12.5. The summed E-state index contributed by atoms with van der Waals surface area (Å²) >= 11 is 0. The first-order chi connectivity index (χ1) is 10.3. The Morgan fingerprint density at radius 2 is 2.33 bits per heavy atom. The molecular weight excluding hydrogens is 262 g/mol. The van der Waals surface area contributed by atoms with E-state index in [1.807, 2.05) is 12.3 Å². The van der Waals surface area contributed by atoms with Crippen molar-refractivity contribution in [3.05, 3.63) is 53.1 Å². The van der Waals surface area contributed by atoms with Crippen molar-refractivity contribution in [1.82, 2.24) is 25.1 Å². The molecule has 0 atom stereocenters. The Bertz CT molecular complexity index is 792. The molecule has 0 bridgehead atoms. The molecule has 0 saturated heterocycles. The zero-order chi connectivity index (χ0) is 14.2. The van der Waals surface area contributed by atoms with Crippen LogP contribution >= 0.6 is 0 Å². The second-order valence-electron chi connectivity index (χ2n) is 5.62. The highest BCUT2D eigenvalue weighted by Crippen LogP contribution is 2.21. The number of aromatic nitrogens is 4. The maximum atomic E-state index is 4.62. The van der Waals surface area contributed by atoms with Crippen molar-refractivity contribution in [2.75, 3.05) is 6.54 Å². The minimum atomic E-state index is 0.828. The molecule has 3 aromatic heterocycles. The minimum Gasteiger partial charge on any atom is -0.294 e. The Balaban J connectivity index is 1.61. The fraction of sp³-hybridized carbons (Fsp3) is 0.312. The van der Waals surface area contributed by atoms with Crippen LogP contribution in [0.2, 0.25) is 0 Å². The van der Waals surface area contributed by atoms with Crippen molar-refractivity contribution in [2.45, 2.75) is 26.4 Å². The van der Waals surface area contributed by atoms with Gasteiger partial charge in [-0.05, 0) is 30.7 Å². The largest absolute Gasteiger partial charge is 0.294 e. The molecule has 0 saturated carbocycles. The Morgan fingerprint density at radius 1 is 1.38 bits per heavy atom. The lowest BCUT2D eigenvalue weighted by Crippen LogP contribution is -2.30. The van der Waals surface area contributed by atoms with E-state index in [1.54, 1.807) is 6.20 Å². The molecule has 0 aliphatic carbocycles. The number of hydrogen-bond acceptors (Lipinski definition) is 4. The molecule has 1 aliphatic heterocycles. The second-order valence-corrected chi connectivity index (χ2v) is 5.62. The van der Waals surface area contributed by atoms with Gasteiger partial charge in [0.15, 0.2) is 5.65 Å². The summed E-state index contributed by atoms with van der Waals surface area (Å²) in [6, 6.07) is 6.25. The lowest BCUT2D eigenvalue weighted by Gasteiger charge is -2.26. The van der Waals surface area contributed by atoms with E-state index in [2.05, 4.69) is 44.1 Å². The molecule has 0 amide bonds. The number of rotatable bonds is 2. The monoisotopic (exact) mass is 279 g/mol. The third-order valence-corrected chi connectivity index (χ3v) is 4.16. The quantitative estimate of drug-likeness (QED) is 0.781. The second kappa shape index (κ2) is 4.93. The van der Waals surface area contributed by atoms with Crippen molar-refractivity contribution >= 4 is 11.0 Å². The topological polar surface area (TPSA) is 57.7 Å². The van der Waals surface area contributed by atoms with Crippen molar-refractivity contribution in [3.8, 4) is 0 Å². The van der Waals surface area contributed by atoms with Crippen LogP contribution in [0.5, 0.6) is 0 Å². The molecule has 0 spiro atoms. The average Bonchev–Trinajstić information content (AvgIpc) is 2.95. The van der Waals surface area contributed by atoms with Gasteiger partial charge in [-0.25, -0.2) is 9.97 Å². The summed E-state index contributed by atoms with van der Waals surface area (Å²) in [6.45, 7) is 5.00. The van der Waals surface area contributed by atoms with E-state index in [9.17, 15) is 0 Å². The van der Waals surface area contributed by atoms with Gasteiger partial charge in [-0.2, -0.15) is 5.10 Å². The number of fused-ring (bicyclic) bond motifs is 2. The zero-order valence-electron chi connectivity index (χ0n) is 12.0. The molecule has 0 radical (unpaired) electrons. The molecular formula is C16H17N5. The number of nitrogens with zero attached hydrogens (tertiary/aromatic N) is 4. The van der Waals surface area contributed by atoms with Gasteiger partial charge >= 0.3 is 0 Å². The van der Waals surface area contributed by atoms with E-state index >= 15 is 0 Å². The van der Waals surface area contributed by atoms with E-state index in [0.717, 1.165) is 42.8 Å². The van der Waals surface area contributed by atoms with Crippen LogP contribution < -0.4 is 0 Å². The highest BCUT2D eigenvalue weighted by molar-refractivity contribution is 5.75. The van der Waals surface area contributed by atoms with E-state index in [4.69, 9.17) is 0 Å². The zero-order valence-corrected chi connectivity index (χ0v) is 12.0. The minimum absolute atomic E-state index is 0.828. The molecule has 1 aliphatic rings. The Hall–Kier alpha value is -2.27. The number of pyridine rings is 2. The highest BCUT2D eigenvalue weighted by atomic mass is 15.2. The third kappa shape index (κ3) is 2.29. The summed E-state index contributed by atoms with van der Waals surface area (Å²) in [5.41, 5.74) is 5.77. The predicted octanol–water partition coefficient (Wildman–Crippen LogP) is 2.22. The summed E-state index contributed by atoms with van der Waals surface area (Å²) in [4.78, 5) is 11.4. The van der Waals surface area contributed by atoms with E-state index in [0.29, 0.717) is 0 Å². The summed E-state index contributed by atoms with van der Waals surface area (Å²) in [5.74, 6) is 0. The number of aryl methyl sites for hydroxylation is 1. The number of aromatic amines is 1. The fourth-order valence-electron chi connectivity index (χ4n) is 2.95. The van der Waals surface area contributed by atoms with Gasteiger partial charge in [-0.1, -0.05) is 0 Å². The summed E-state index contributed by atoms with van der Waals surface area (Å²) in [5, 5.41) is 8.32. The Morgan fingerprint density at radius 3 is 3.29 bits per heavy atom. The maximum absolute atomic E-state index is 4.62. The first-order valence-corrected chi connectivity index (χ1v) is 7.24. The number of H-pyrrole nitrogens is 1. The van der Waals surface area contributed by atoms with E-state index in [-0.39, 0.29) is 0 Å². The van der Waals surface area contributed by atoms with Crippen molar-refractivity contribution in [3.63, 3.8) is 0 Å². The normalized spacial score (nSPS) is 15.3. The molecule has 5 heteroatoms. The van der Waals surface area contributed by atoms with E-state index in [1.165, 1.54) is 16.8 Å². The highest BCUT2D eigenvalue weighted by Gasteiger charge is 2.18. The van der Waals surface area contributed by atoms with Gasteiger partial charge in [0.05, 0.1) is 6.20 Å². The number of hydrogen-bond donors (Lipinski definition) is 1. The van der Waals surface area contributed by atoms with E-state index < -0.39 is 0 Å². The molecule has 21 heavy (non-hydrogen) atoms. The third-order valence-electron chi connectivity index (χ3n) is 4.16. The fourth-order valence-corrected chi connectivity index (χ4v) is 2.95. The molecule has 5 nitrogen and oxygen atoms in total. The molecule has 0 aromatic carbocycles. The number of nitrogens with one attached hydrogen (secondary N) is 1. The van der Waals surface area contributed by atoms with Gasteiger partial charge in [0.1, 0.15) is 0 Å². The van der Waals surface area contributed by atoms with Crippen molar-refractivity contribution in [1.29, 1.82) is 0 Å². The molecule has 106 valence electrons. The van der Waals surface area contributed by atoms with Crippen molar-refractivity contribution in [2.24, 2.45) is 0 Å². The van der Waals surface area contributed by atoms with Crippen LogP contribution in [0.15, 0.2) is 30.6 Å².